The SMILES string of the molecule is O=C1[C@@H]2[C@@H](CC(COc3ccccc3)=C3[C@@H](CC/C(=C/c4ccc(CO)o4)c4ccccn4)OB(O)C[C@@H]32)C(=O)N1c1cccc([N+](=O)[O-])c1. The van der Waals surface area contributed by atoms with Crippen LogP contribution in [0.4, 0.5) is 11.4 Å². The molecule has 50 heavy (non-hydrogen) atoms. The van der Waals surface area contributed by atoms with E-state index in [4.69, 9.17) is 13.8 Å². The molecule has 7 rings (SSSR count). The number of fused-ring (bicyclic) bond motifs is 3. The second-order valence-electron chi connectivity index (χ2n) is 12.6. The maximum absolute atomic E-state index is 14.2. The average molecular weight is 676 g/mol. The van der Waals surface area contributed by atoms with Crippen LogP contribution in [0.2, 0.25) is 6.32 Å². The number of furan rings is 1. The summed E-state index contributed by atoms with van der Waals surface area (Å²) < 4.78 is 18.2. The number of hydrogen-bond donors (Lipinski definition) is 2. The lowest BCUT2D eigenvalue weighted by atomic mass is 9.58. The van der Waals surface area contributed by atoms with Crippen LogP contribution in [-0.4, -0.2) is 51.7 Å². The molecule has 13 heteroatoms. The van der Waals surface area contributed by atoms with Crippen LogP contribution in [0.15, 0.2) is 107 Å². The number of rotatable bonds is 11. The number of anilines is 1. The van der Waals surface area contributed by atoms with Crippen molar-refractivity contribution in [1.29, 1.82) is 0 Å². The number of benzene rings is 2. The minimum absolute atomic E-state index is 0.100. The fraction of sp³-hybridized carbons (Fsp3) is 0.270. The number of imide groups is 1. The molecule has 2 aliphatic heterocycles. The van der Waals surface area contributed by atoms with Crippen LogP contribution < -0.4 is 9.64 Å². The molecule has 0 spiro atoms. The molecule has 0 unspecified atom stereocenters. The van der Waals surface area contributed by atoms with Gasteiger partial charge in [-0.05, 0) is 96.8 Å². The molecule has 0 bridgehead atoms. The number of nitrogens with zero attached hydrogens (tertiary/aromatic N) is 3. The van der Waals surface area contributed by atoms with Gasteiger partial charge < -0.3 is 23.9 Å². The highest BCUT2D eigenvalue weighted by atomic mass is 16.6. The maximum Gasteiger partial charge on any atom is 0.455 e. The molecule has 4 aromatic rings. The highest BCUT2D eigenvalue weighted by Gasteiger charge is 2.57. The Morgan fingerprint density at radius 2 is 1.86 bits per heavy atom. The number of pyridine rings is 1. The summed E-state index contributed by atoms with van der Waals surface area (Å²) in [6, 6.07) is 23.8. The van der Waals surface area contributed by atoms with E-state index in [-0.39, 0.29) is 37.3 Å². The number of amides is 2. The quantitative estimate of drug-likeness (QED) is 0.0684. The molecule has 2 fully saturated rings. The molecule has 1 aliphatic carbocycles. The summed E-state index contributed by atoms with van der Waals surface area (Å²) in [7, 11) is -1.20. The average Bonchev–Trinajstić information content (AvgIpc) is 3.70. The topological polar surface area (TPSA) is 165 Å². The summed E-state index contributed by atoms with van der Waals surface area (Å²) in [5.41, 5.74) is 3.12. The molecule has 254 valence electrons. The molecule has 0 saturated carbocycles. The molecule has 4 heterocycles. The van der Waals surface area contributed by atoms with Gasteiger partial charge in [0.05, 0.1) is 34.2 Å². The molecule has 2 N–H and O–H groups in total. The summed E-state index contributed by atoms with van der Waals surface area (Å²) in [5, 5.41) is 32.1. The second-order valence-corrected chi connectivity index (χ2v) is 12.6. The summed E-state index contributed by atoms with van der Waals surface area (Å²) in [4.78, 5) is 44.7. The predicted molar refractivity (Wildman–Crippen MR) is 183 cm³/mol. The minimum Gasteiger partial charge on any atom is -0.489 e. The first-order chi connectivity index (χ1) is 24.3. The number of para-hydroxylation sites is 1. The number of non-ortho nitro benzene ring substituents is 1. The van der Waals surface area contributed by atoms with E-state index in [0.717, 1.165) is 27.3 Å². The van der Waals surface area contributed by atoms with E-state index in [1.807, 2.05) is 54.6 Å². The van der Waals surface area contributed by atoms with Crippen molar-refractivity contribution in [2.45, 2.75) is 38.3 Å². The van der Waals surface area contributed by atoms with Crippen molar-refractivity contribution in [1.82, 2.24) is 4.98 Å². The van der Waals surface area contributed by atoms with Crippen molar-refractivity contribution in [2.75, 3.05) is 11.5 Å². The fourth-order valence-corrected chi connectivity index (χ4v) is 7.43. The summed E-state index contributed by atoms with van der Waals surface area (Å²) >= 11 is 0. The van der Waals surface area contributed by atoms with E-state index >= 15 is 0 Å². The maximum atomic E-state index is 14.2. The first-order valence-corrected chi connectivity index (χ1v) is 16.5. The van der Waals surface area contributed by atoms with Gasteiger partial charge in [0.25, 0.3) is 5.69 Å². The molecule has 2 aromatic heterocycles. The van der Waals surface area contributed by atoms with E-state index in [2.05, 4.69) is 4.98 Å². The second kappa shape index (κ2) is 14.2. The standard InChI is InChI=1S/C37H34BN3O9/c42-21-29-14-13-28(49-29)17-23(32-11-4-5-16-39-32)12-15-33-34-24(22-48-27-9-2-1-3-10-27)18-30-35(31(34)20-38(45)50-33)37(44)40(36(30)43)25-7-6-8-26(19-25)41(46)47/h1-11,13-14,16-17,19,30-31,33,35,42,45H,12,15,18,20-22H2/b23-17-/t30-,31+,33-,35-/m1/s1. The lowest BCUT2D eigenvalue weighted by Gasteiger charge is -2.43. The van der Waals surface area contributed by atoms with Gasteiger partial charge >= 0.3 is 7.12 Å². The molecule has 2 saturated heterocycles. The number of ether oxygens (including phenoxy) is 1. The van der Waals surface area contributed by atoms with Crippen LogP contribution in [0.5, 0.6) is 5.75 Å². The normalized spacial score (nSPS) is 22.1. The van der Waals surface area contributed by atoms with E-state index < -0.39 is 47.7 Å². The predicted octanol–water partition coefficient (Wildman–Crippen LogP) is 5.48. The minimum atomic E-state index is -1.20. The number of nitro benzene ring substituents is 1. The zero-order valence-corrected chi connectivity index (χ0v) is 27.0. The Labute approximate surface area is 288 Å². The third-order valence-electron chi connectivity index (χ3n) is 9.59. The van der Waals surface area contributed by atoms with E-state index in [1.165, 1.54) is 24.3 Å². The van der Waals surface area contributed by atoms with Crippen LogP contribution in [0, 0.1) is 27.9 Å². The summed E-state index contributed by atoms with van der Waals surface area (Å²) in [6.45, 7) is -0.0848. The van der Waals surface area contributed by atoms with Crippen LogP contribution in [0.25, 0.3) is 11.6 Å². The summed E-state index contributed by atoms with van der Waals surface area (Å²) in [6.07, 6.45) is 4.12. The third-order valence-corrected chi connectivity index (χ3v) is 9.59. The molecular formula is C37H34BN3O9. The molecule has 12 nitrogen and oxygen atoms in total. The molecule has 0 radical (unpaired) electrons. The fourth-order valence-electron chi connectivity index (χ4n) is 7.43. The van der Waals surface area contributed by atoms with Crippen molar-refractivity contribution in [2.24, 2.45) is 17.8 Å². The van der Waals surface area contributed by atoms with Gasteiger partial charge in [0.15, 0.2) is 0 Å². The lowest BCUT2D eigenvalue weighted by molar-refractivity contribution is -0.384. The number of carbonyl (C=O) groups is 2. The summed E-state index contributed by atoms with van der Waals surface area (Å²) in [5.74, 6) is -1.33. The Morgan fingerprint density at radius 1 is 1.04 bits per heavy atom. The smallest absolute Gasteiger partial charge is 0.455 e. The van der Waals surface area contributed by atoms with Crippen molar-refractivity contribution >= 4 is 42.0 Å². The highest BCUT2D eigenvalue weighted by Crippen LogP contribution is 2.51. The number of aromatic nitrogens is 1. The molecule has 3 aliphatic rings. The third kappa shape index (κ3) is 6.62. The van der Waals surface area contributed by atoms with Crippen molar-refractivity contribution in [3.63, 3.8) is 0 Å². The number of allylic oxidation sites excluding steroid dienone is 1. The molecular weight excluding hydrogens is 641 g/mol. The van der Waals surface area contributed by atoms with Gasteiger partial charge in [0, 0.05) is 18.3 Å². The van der Waals surface area contributed by atoms with E-state index in [1.54, 1.807) is 18.3 Å². The highest BCUT2D eigenvalue weighted by molar-refractivity contribution is 6.43. The first kappa shape index (κ1) is 33.1. The molecule has 2 aromatic carbocycles. The van der Waals surface area contributed by atoms with Crippen molar-refractivity contribution in [3.8, 4) is 5.75 Å². The van der Waals surface area contributed by atoms with Gasteiger partial charge in [-0.15, -0.1) is 0 Å². The first-order valence-electron chi connectivity index (χ1n) is 16.5. The number of hydrogen-bond acceptors (Lipinski definition) is 10. The van der Waals surface area contributed by atoms with Crippen molar-refractivity contribution in [3.05, 3.63) is 130 Å². The Morgan fingerprint density at radius 3 is 2.60 bits per heavy atom. The van der Waals surface area contributed by atoms with Crippen LogP contribution in [0.3, 0.4) is 0 Å². The van der Waals surface area contributed by atoms with Crippen molar-refractivity contribution < 1.29 is 38.5 Å². The van der Waals surface area contributed by atoms with Crippen LogP contribution >= 0.6 is 0 Å². The lowest BCUT2D eigenvalue weighted by Crippen LogP contribution is -2.46. The monoisotopic (exact) mass is 675 g/mol. The Hall–Kier alpha value is -5.37. The van der Waals surface area contributed by atoms with Gasteiger partial charge in [-0.25, -0.2) is 4.90 Å². The van der Waals surface area contributed by atoms with Gasteiger partial charge in [-0.3, -0.25) is 24.7 Å². The van der Waals surface area contributed by atoms with Gasteiger partial charge in [-0.1, -0.05) is 30.3 Å². The van der Waals surface area contributed by atoms with Gasteiger partial charge in [0.2, 0.25) is 11.8 Å². The number of carbonyl (C=O) groups excluding carboxylic acids is 2. The zero-order valence-electron chi connectivity index (χ0n) is 27.0. The van der Waals surface area contributed by atoms with Crippen LogP contribution in [-0.2, 0) is 20.9 Å². The molecule has 4 atom stereocenters. The van der Waals surface area contributed by atoms with Gasteiger partial charge in [-0.2, -0.15) is 0 Å². The Kier molecular flexibility index (Phi) is 9.44. The van der Waals surface area contributed by atoms with Gasteiger partial charge in [0.1, 0.15) is 30.5 Å². The zero-order chi connectivity index (χ0) is 34.8. The van der Waals surface area contributed by atoms with E-state index in [0.29, 0.717) is 30.1 Å². The number of nitro groups is 1. The van der Waals surface area contributed by atoms with Crippen LogP contribution in [0.1, 0.15) is 36.5 Å². The largest absolute Gasteiger partial charge is 0.489 e. The van der Waals surface area contributed by atoms with E-state index in [9.17, 15) is 29.8 Å². The Balaban J connectivity index is 1.24. The number of aliphatic hydroxyl groups excluding tert-OH is 1. The molecule has 2 amide bonds. The Bertz CT molecular complexity index is 1960. The number of aliphatic hydroxyl groups is 1.